The fourth-order valence-electron chi connectivity index (χ4n) is 5.20. The summed E-state index contributed by atoms with van der Waals surface area (Å²) < 4.78 is 117. The highest BCUT2D eigenvalue weighted by atomic mass is 32.2. The number of hydrogen-bond acceptors (Lipinski definition) is 15. The molecule has 22 heteroatoms. The van der Waals surface area contributed by atoms with Crippen molar-refractivity contribution in [2.24, 2.45) is 20.5 Å². The number of benzene rings is 5. The summed E-state index contributed by atoms with van der Waals surface area (Å²) in [6.07, 6.45) is -0.469. The van der Waals surface area contributed by atoms with Gasteiger partial charge in [-0.05, 0) is 72.5 Å². The third kappa shape index (κ3) is 10.6. The van der Waals surface area contributed by atoms with Crippen molar-refractivity contribution in [2.45, 2.75) is 27.5 Å². The lowest BCUT2D eigenvalue weighted by atomic mass is 10.1. The Labute approximate surface area is 332 Å². The van der Waals surface area contributed by atoms with E-state index in [2.05, 4.69) is 44.2 Å². The maximum atomic E-state index is 13.1. The lowest BCUT2D eigenvalue weighted by molar-refractivity contribution is -0.116. The first-order valence-corrected chi connectivity index (χ1v) is 22.6. The van der Waals surface area contributed by atoms with Crippen molar-refractivity contribution in [1.29, 1.82) is 0 Å². The lowest BCUT2D eigenvalue weighted by Crippen LogP contribution is -2.13. The first-order valence-electron chi connectivity index (χ1n) is 16.4. The number of azo groups is 2. The molecule has 0 atom stereocenters. The maximum absolute atomic E-state index is 13.1. The van der Waals surface area contributed by atoms with Crippen LogP contribution in [0.1, 0.15) is 12.8 Å². The van der Waals surface area contributed by atoms with Crippen LogP contribution in [-0.2, 0) is 44.7 Å². The quantitative estimate of drug-likeness (QED) is 0.0468. The number of nitrogens with zero attached hydrogens (tertiary/aromatic N) is 4. The van der Waals surface area contributed by atoms with Crippen LogP contribution < -0.4 is 10.6 Å². The molecule has 0 bridgehead atoms. The standard InChI is InChI=1S/C36H32N6O12S4/c1-3-55(45,46)18-8-11-34(44)38-29-21-31(33(58(52,53)54)22-30(29)40-39-25-13-15-26(16-14-25)56(47,48)4-2)41-42-36-28(37-24-9-6-5-7-10-24)17-12-23-19-27(57(49,50)51)20-32(43)35(23)36/h3-7,9-10,12-17,19-22,37,43H,1-2,8,11,18H2,(H,38,44)(H,49,50,51)(H,52,53,54). The van der Waals surface area contributed by atoms with E-state index in [1.54, 1.807) is 30.3 Å². The molecule has 1 amide bonds. The van der Waals surface area contributed by atoms with Crippen molar-refractivity contribution in [1.82, 2.24) is 0 Å². The molecular formula is C36H32N6O12S4. The molecule has 5 N–H and O–H groups in total. The Balaban J connectivity index is 1.67. The Bertz CT molecular complexity index is 2960. The van der Waals surface area contributed by atoms with Crippen molar-refractivity contribution in [3.8, 4) is 5.75 Å². The van der Waals surface area contributed by atoms with Crippen LogP contribution in [-0.4, -0.2) is 59.5 Å². The minimum Gasteiger partial charge on any atom is -0.507 e. The molecule has 0 unspecified atom stereocenters. The molecule has 302 valence electrons. The smallest absolute Gasteiger partial charge is 0.296 e. The van der Waals surface area contributed by atoms with Crippen LogP contribution in [0.15, 0.2) is 150 Å². The van der Waals surface area contributed by atoms with Gasteiger partial charge in [-0.15, -0.1) is 15.3 Å². The van der Waals surface area contributed by atoms with Gasteiger partial charge in [0.05, 0.1) is 38.0 Å². The summed E-state index contributed by atoms with van der Waals surface area (Å²) in [6.45, 7) is 6.49. The zero-order valence-corrected chi connectivity index (χ0v) is 33.1. The molecule has 0 heterocycles. The van der Waals surface area contributed by atoms with Gasteiger partial charge in [-0.1, -0.05) is 37.4 Å². The van der Waals surface area contributed by atoms with E-state index in [1.807, 2.05) is 0 Å². The predicted molar refractivity (Wildman–Crippen MR) is 215 cm³/mol. The number of carbonyl (C=O) groups excluding carboxylic acids is 1. The molecule has 0 spiro atoms. The van der Waals surface area contributed by atoms with Crippen molar-refractivity contribution in [3.63, 3.8) is 0 Å². The number of fused-ring (bicyclic) bond motifs is 1. The number of sulfone groups is 2. The Hall–Kier alpha value is -6.17. The van der Waals surface area contributed by atoms with Gasteiger partial charge in [-0.2, -0.15) is 21.9 Å². The van der Waals surface area contributed by atoms with Gasteiger partial charge in [-0.3, -0.25) is 13.9 Å². The second kappa shape index (κ2) is 17.1. The number of phenolic OH excluding ortho intramolecular Hbond substituents is 1. The summed E-state index contributed by atoms with van der Waals surface area (Å²) in [5, 5.41) is 34.4. The van der Waals surface area contributed by atoms with Gasteiger partial charge >= 0.3 is 0 Å². The largest absolute Gasteiger partial charge is 0.507 e. The van der Waals surface area contributed by atoms with Gasteiger partial charge in [0.2, 0.25) is 5.91 Å². The average molecular weight is 869 g/mol. The monoisotopic (exact) mass is 868 g/mol. The van der Waals surface area contributed by atoms with E-state index in [0.29, 0.717) is 5.69 Å². The number of rotatable bonds is 16. The third-order valence-corrected chi connectivity index (χ3v) is 12.5. The Kier molecular flexibility index (Phi) is 12.7. The molecule has 0 aromatic heterocycles. The Morgan fingerprint density at radius 3 is 1.98 bits per heavy atom. The number of phenols is 1. The zero-order chi connectivity index (χ0) is 42.5. The second-order valence-electron chi connectivity index (χ2n) is 12.1. The van der Waals surface area contributed by atoms with Crippen molar-refractivity contribution >= 4 is 96.4 Å². The van der Waals surface area contributed by atoms with E-state index in [9.17, 15) is 52.7 Å². The minimum absolute atomic E-state index is 0.0625. The highest BCUT2D eigenvalue weighted by molar-refractivity contribution is 7.94. The molecule has 0 radical (unpaired) electrons. The van der Waals surface area contributed by atoms with Crippen molar-refractivity contribution < 1.29 is 52.7 Å². The molecule has 58 heavy (non-hydrogen) atoms. The van der Waals surface area contributed by atoms with Crippen LogP contribution in [0.2, 0.25) is 0 Å². The summed E-state index contributed by atoms with van der Waals surface area (Å²) in [7, 11) is -17.3. The Morgan fingerprint density at radius 1 is 0.690 bits per heavy atom. The molecule has 0 saturated heterocycles. The molecule has 0 fully saturated rings. The number of aromatic hydroxyl groups is 1. The van der Waals surface area contributed by atoms with Gasteiger partial charge < -0.3 is 15.7 Å². The molecule has 18 nitrogen and oxygen atoms in total. The molecule has 5 rings (SSSR count). The van der Waals surface area contributed by atoms with Gasteiger partial charge in [0.1, 0.15) is 27.7 Å². The first-order chi connectivity index (χ1) is 27.2. The molecule has 0 aliphatic heterocycles. The normalized spacial score (nSPS) is 12.5. The molecular weight excluding hydrogens is 837 g/mol. The maximum Gasteiger partial charge on any atom is 0.296 e. The topological polar surface area (TPSA) is 288 Å². The van der Waals surface area contributed by atoms with Crippen LogP contribution in [0.5, 0.6) is 5.75 Å². The van der Waals surface area contributed by atoms with Crippen molar-refractivity contribution in [3.05, 3.63) is 115 Å². The number of para-hydroxylation sites is 1. The van der Waals surface area contributed by atoms with Crippen LogP contribution in [0.25, 0.3) is 10.8 Å². The van der Waals surface area contributed by atoms with E-state index in [4.69, 9.17) is 0 Å². The highest BCUT2D eigenvalue weighted by Crippen LogP contribution is 2.44. The number of carbonyl (C=O) groups is 1. The van der Waals surface area contributed by atoms with Gasteiger partial charge in [0, 0.05) is 29.0 Å². The SMILES string of the molecule is C=CS(=O)(=O)CCCC(=O)Nc1cc(N=Nc2c(Nc3ccccc3)ccc3cc(S(=O)(=O)O)cc(O)c23)c(S(=O)(=O)O)cc1N=Nc1ccc(S(=O)(=O)C=C)cc1. The molecule has 5 aromatic rings. The van der Waals surface area contributed by atoms with Crippen LogP contribution >= 0.6 is 0 Å². The summed E-state index contributed by atoms with van der Waals surface area (Å²) in [6, 6.07) is 20.0. The first kappa shape index (κ1) is 43.0. The highest BCUT2D eigenvalue weighted by Gasteiger charge is 2.23. The zero-order valence-electron chi connectivity index (χ0n) is 29.8. The van der Waals surface area contributed by atoms with E-state index < -0.39 is 72.8 Å². The minimum atomic E-state index is -5.16. The average Bonchev–Trinajstić information content (AvgIpc) is 3.16. The van der Waals surface area contributed by atoms with E-state index in [-0.39, 0.29) is 56.9 Å². The van der Waals surface area contributed by atoms with Crippen LogP contribution in [0.4, 0.5) is 39.8 Å². The van der Waals surface area contributed by atoms with E-state index >= 15 is 0 Å². The predicted octanol–water partition coefficient (Wildman–Crippen LogP) is 7.81. The third-order valence-electron chi connectivity index (χ3n) is 8.03. The molecule has 0 aliphatic carbocycles. The molecule has 5 aromatic carbocycles. The van der Waals surface area contributed by atoms with Crippen LogP contribution in [0.3, 0.4) is 0 Å². The summed E-state index contributed by atoms with van der Waals surface area (Å²) in [5.74, 6) is -1.82. The van der Waals surface area contributed by atoms with E-state index in [1.165, 1.54) is 36.4 Å². The number of amides is 1. The lowest BCUT2D eigenvalue weighted by Gasteiger charge is -2.14. The summed E-state index contributed by atoms with van der Waals surface area (Å²) in [4.78, 5) is 11.4. The number of hydrogen-bond donors (Lipinski definition) is 5. The van der Waals surface area contributed by atoms with Gasteiger partial charge in [0.25, 0.3) is 20.2 Å². The fraction of sp³-hybridized carbons (Fsp3) is 0.0833. The second-order valence-corrected chi connectivity index (χ2v) is 18.8. The fourth-order valence-corrected chi connectivity index (χ4v) is 7.78. The summed E-state index contributed by atoms with van der Waals surface area (Å²) >= 11 is 0. The van der Waals surface area contributed by atoms with Crippen molar-refractivity contribution in [2.75, 3.05) is 16.4 Å². The van der Waals surface area contributed by atoms with Crippen LogP contribution in [0, 0.1) is 0 Å². The number of nitrogens with one attached hydrogen (secondary N) is 2. The van der Waals surface area contributed by atoms with Gasteiger partial charge in [0.15, 0.2) is 19.7 Å². The molecule has 0 aliphatic rings. The number of anilines is 3. The Morgan fingerprint density at radius 2 is 1.36 bits per heavy atom. The molecule has 0 saturated carbocycles. The summed E-state index contributed by atoms with van der Waals surface area (Å²) in [5.41, 5.74) is -0.557. The van der Waals surface area contributed by atoms with E-state index in [0.717, 1.165) is 35.1 Å². The van der Waals surface area contributed by atoms with Gasteiger partial charge in [-0.25, -0.2) is 16.8 Å².